The van der Waals surface area contributed by atoms with Crippen molar-refractivity contribution in [2.24, 2.45) is 5.73 Å². The number of primary amides is 1. The molecule has 48 heavy (non-hydrogen) atoms. The molecular formula is C34H31F3N6O5. The number of hydrogen-bond acceptors (Lipinski definition) is 8. The lowest BCUT2D eigenvalue weighted by molar-refractivity contribution is -0.265. The number of halogens is 3. The van der Waals surface area contributed by atoms with Crippen molar-refractivity contribution in [2.45, 2.75) is 49.9 Å². The van der Waals surface area contributed by atoms with Gasteiger partial charge in [0, 0.05) is 39.4 Å². The van der Waals surface area contributed by atoms with E-state index in [0.29, 0.717) is 27.4 Å². The Morgan fingerprint density at radius 2 is 1.90 bits per heavy atom. The minimum absolute atomic E-state index is 0.0107. The predicted molar refractivity (Wildman–Crippen MR) is 169 cm³/mol. The van der Waals surface area contributed by atoms with Gasteiger partial charge in [-0.25, -0.2) is 4.98 Å². The van der Waals surface area contributed by atoms with E-state index in [1.165, 1.54) is 26.2 Å². The van der Waals surface area contributed by atoms with Crippen molar-refractivity contribution in [3.63, 3.8) is 0 Å². The fourth-order valence-corrected chi connectivity index (χ4v) is 5.95. The highest BCUT2D eigenvalue weighted by atomic mass is 19.4. The number of methoxy groups -OCH3 is 1. The first-order valence-corrected chi connectivity index (χ1v) is 15.2. The van der Waals surface area contributed by atoms with E-state index in [-0.39, 0.29) is 41.0 Å². The van der Waals surface area contributed by atoms with Crippen LogP contribution in [0.25, 0.3) is 33.1 Å². The van der Waals surface area contributed by atoms with Crippen molar-refractivity contribution in [2.75, 3.05) is 20.3 Å². The van der Waals surface area contributed by atoms with Crippen LogP contribution in [0.15, 0.2) is 54.7 Å². The molecule has 14 heteroatoms. The number of aromatic nitrogens is 4. The zero-order valence-corrected chi connectivity index (χ0v) is 26.2. The second-order valence-corrected chi connectivity index (χ2v) is 12.6. The summed E-state index contributed by atoms with van der Waals surface area (Å²) >= 11 is 0. The Hall–Kier alpha value is -5.24. The third kappa shape index (κ3) is 5.07. The number of ether oxygens (including phenoxy) is 2. The average Bonchev–Trinajstić information content (AvgIpc) is 3.72. The summed E-state index contributed by atoms with van der Waals surface area (Å²) in [6.07, 6.45) is -1.61. The van der Waals surface area contributed by atoms with E-state index < -0.39 is 41.2 Å². The van der Waals surface area contributed by atoms with Crippen LogP contribution in [0, 0.1) is 6.92 Å². The van der Waals surface area contributed by atoms with Crippen LogP contribution in [0.1, 0.15) is 53.1 Å². The second kappa shape index (κ2) is 10.9. The molecule has 7 rings (SSSR count). The van der Waals surface area contributed by atoms with E-state index in [4.69, 9.17) is 15.2 Å². The number of aryl methyl sites for hydroxylation is 1. The summed E-state index contributed by atoms with van der Waals surface area (Å²) in [5.74, 6) is -1.37. The summed E-state index contributed by atoms with van der Waals surface area (Å²) in [4.78, 5) is 34.7. The fraction of sp³-hybridized carbons (Fsp3) is 0.324. The number of rotatable bonds is 8. The van der Waals surface area contributed by atoms with E-state index in [2.05, 4.69) is 20.4 Å². The van der Waals surface area contributed by atoms with Crippen molar-refractivity contribution in [3.05, 3.63) is 77.2 Å². The van der Waals surface area contributed by atoms with E-state index in [0.717, 1.165) is 24.6 Å². The molecule has 2 aliphatic rings. The summed E-state index contributed by atoms with van der Waals surface area (Å²) in [7, 11) is 1.41. The van der Waals surface area contributed by atoms with Gasteiger partial charge in [-0.2, -0.15) is 18.3 Å². The highest BCUT2D eigenvalue weighted by Gasteiger charge is 2.57. The maximum Gasteiger partial charge on any atom is 0.424 e. The summed E-state index contributed by atoms with van der Waals surface area (Å²) in [6.45, 7) is 1.74. The van der Waals surface area contributed by atoms with Gasteiger partial charge in [-0.1, -0.05) is 12.1 Å². The van der Waals surface area contributed by atoms with Crippen molar-refractivity contribution >= 4 is 33.6 Å². The molecule has 1 saturated carbocycles. The molecule has 1 fully saturated rings. The van der Waals surface area contributed by atoms with Gasteiger partial charge < -0.3 is 25.6 Å². The Morgan fingerprint density at radius 3 is 2.58 bits per heavy atom. The highest BCUT2D eigenvalue weighted by molar-refractivity contribution is 6.00. The van der Waals surface area contributed by atoms with Gasteiger partial charge >= 0.3 is 6.18 Å². The van der Waals surface area contributed by atoms with E-state index >= 15 is 0 Å². The minimum atomic E-state index is -5.32. The molecule has 1 aliphatic carbocycles. The van der Waals surface area contributed by atoms with Gasteiger partial charge in [0.1, 0.15) is 34.7 Å². The third-order valence-corrected chi connectivity index (χ3v) is 9.11. The van der Waals surface area contributed by atoms with Crippen LogP contribution in [-0.2, 0) is 15.8 Å². The molecule has 4 heterocycles. The Kier molecular flexibility index (Phi) is 7.13. The number of nitrogens with two attached hydrogens (primary N) is 1. The zero-order valence-electron chi connectivity index (χ0n) is 26.2. The number of benzene rings is 2. The Balaban J connectivity index is 1.30. The third-order valence-electron chi connectivity index (χ3n) is 9.11. The topological polar surface area (TPSA) is 154 Å². The molecule has 2 amide bonds. The summed E-state index contributed by atoms with van der Waals surface area (Å²) in [6, 6.07) is 12.7. The molecule has 4 N–H and O–H groups in total. The molecule has 3 aromatic heterocycles. The first-order valence-electron chi connectivity index (χ1n) is 15.2. The van der Waals surface area contributed by atoms with Crippen LogP contribution >= 0.6 is 0 Å². The minimum Gasteiger partial charge on any atom is -0.494 e. The maximum atomic E-state index is 14.9. The van der Waals surface area contributed by atoms with E-state index in [1.54, 1.807) is 35.1 Å². The van der Waals surface area contributed by atoms with Crippen LogP contribution < -0.4 is 20.5 Å². The Bertz CT molecular complexity index is 2150. The quantitative estimate of drug-likeness (QED) is 0.218. The van der Waals surface area contributed by atoms with Crippen molar-refractivity contribution in [1.82, 2.24) is 25.1 Å². The maximum absolute atomic E-state index is 14.9. The predicted octanol–water partition coefficient (Wildman–Crippen LogP) is 4.61. The number of hydrogen-bond donors (Lipinski definition) is 3. The lowest BCUT2D eigenvalue weighted by Gasteiger charge is -2.31. The molecule has 248 valence electrons. The number of pyridine rings is 2. The molecule has 0 spiro atoms. The lowest BCUT2D eigenvalue weighted by atomic mass is 9.81. The number of aliphatic hydroxyl groups is 1. The monoisotopic (exact) mass is 660 g/mol. The molecule has 11 nitrogen and oxygen atoms in total. The largest absolute Gasteiger partial charge is 0.494 e. The lowest BCUT2D eigenvalue weighted by Crippen LogP contribution is -2.51. The Labute approximate surface area is 271 Å². The SMILES string of the molecule is COc1cc(C(=O)NC[C@](O)(c2cc3c(c(-c4ccc5nc(C)ccc5c4)n2)OC[C@]3(C)C(N)=O)C(F)(F)F)cc2cn(C3CC3)nc12. The number of nitrogens with zero attached hydrogens (tertiary/aromatic N) is 4. The first kappa shape index (κ1) is 31.4. The molecule has 5 aromatic rings. The highest BCUT2D eigenvalue weighted by Crippen LogP contribution is 2.48. The van der Waals surface area contributed by atoms with Gasteiger partial charge in [-0.15, -0.1) is 0 Å². The smallest absolute Gasteiger partial charge is 0.424 e. The van der Waals surface area contributed by atoms with Crippen molar-refractivity contribution < 1.29 is 37.3 Å². The van der Waals surface area contributed by atoms with Crippen molar-refractivity contribution in [3.8, 4) is 22.8 Å². The van der Waals surface area contributed by atoms with Gasteiger partial charge in [-0.05, 0) is 63.1 Å². The van der Waals surface area contributed by atoms with Gasteiger partial charge in [-0.3, -0.25) is 19.3 Å². The number of alkyl halides is 3. The number of amides is 2. The van der Waals surface area contributed by atoms with Crippen LogP contribution in [0.5, 0.6) is 11.5 Å². The van der Waals surface area contributed by atoms with Crippen LogP contribution in [0.2, 0.25) is 0 Å². The molecule has 0 saturated heterocycles. The number of nitrogens with one attached hydrogen (secondary N) is 1. The average molecular weight is 661 g/mol. The molecule has 2 atom stereocenters. The van der Waals surface area contributed by atoms with E-state index in [1.807, 2.05) is 13.0 Å². The number of fused-ring (bicyclic) bond motifs is 3. The molecule has 2 aromatic carbocycles. The van der Waals surface area contributed by atoms with Crippen LogP contribution in [-0.4, -0.2) is 63.1 Å². The summed E-state index contributed by atoms with van der Waals surface area (Å²) < 4.78 is 57.9. The molecule has 0 radical (unpaired) electrons. The summed E-state index contributed by atoms with van der Waals surface area (Å²) in [5.41, 5.74) is 1.97. The second-order valence-electron chi connectivity index (χ2n) is 12.6. The standard InChI is InChI=1S/C34H31F3N6O5/c1-17-4-5-18-10-19(6-9-24(18)40-17)28-29-23(32(2,16-48-29)31(38)45)13-26(41-28)33(46,34(35,36)37)15-39-30(44)20-11-21-14-43(22-7-8-22)42-27(21)25(12-20)47-3/h4-6,9-14,22,46H,7-8,15-16H2,1-3H3,(H2,38,45)(H,39,44)/t32-,33-/m0/s1. The zero-order chi connectivity index (χ0) is 34.2. The normalized spacial score (nSPS) is 18.7. The molecule has 0 unspecified atom stereocenters. The first-order chi connectivity index (χ1) is 22.7. The van der Waals surface area contributed by atoms with Gasteiger partial charge in [0.05, 0.1) is 30.9 Å². The van der Waals surface area contributed by atoms with Crippen LogP contribution in [0.4, 0.5) is 13.2 Å². The van der Waals surface area contributed by atoms with Crippen LogP contribution in [0.3, 0.4) is 0 Å². The fourth-order valence-electron chi connectivity index (χ4n) is 5.95. The van der Waals surface area contributed by atoms with Crippen molar-refractivity contribution in [1.29, 1.82) is 0 Å². The molecular weight excluding hydrogens is 629 g/mol. The number of carbonyl (C=O) groups excluding carboxylic acids is 2. The van der Waals surface area contributed by atoms with Gasteiger partial charge in [0.2, 0.25) is 11.5 Å². The Morgan fingerprint density at radius 1 is 1.12 bits per heavy atom. The molecule has 0 bridgehead atoms. The number of carbonyl (C=O) groups is 2. The van der Waals surface area contributed by atoms with E-state index in [9.17, 15) is 27.9 Å². The van der Waals surface area contributed by atoms with Gasteiger partial charge in [0.15, 0.2) is 0 Å². The summed E-state index contributed by atoms with van der Waals surface area (Å²) in [5, 5.41) is 19.5. The van der Waals surface area contributed by atoms with Gasteiger partial charge in [0.25, 0.3) is 5.91 Å². The molecule has 1 aliphatic heterocycles.